The van der Waals surface area contributed by atoms with Gasteiger partial charge in [-0.15, -0.1) is 0 Å². The molecular formula is C15H26N2. The second kappa shape index (κ2) is 5.52. The van der Waals surface area contributed by atoms with Gasteiger partial charge in [0.2, 0.25) is 0 Å². The number of anilines is 1. The van der Waals surface area contributed by atoms with Crippen LogP contribution in [0.25, 0.3) is 0 Å². The highest BCUT2D eigenvalue weighted by Gasteiger charge is 2.13. The van der Waals surface area contributed by atoms with Crippen LogP contribution in [0.1, 0.15) is 47.1 Å². The summed E-state index contributed by atoms with van der Waals surface area (Å²) in [6.07, 6.45) is 1.97. The standard InChI is InChI=1S/C15H26N2/c1-11(2)12(3)9-16-14-8-7-13(10-17-14)15(4,5)6/h7-8,10-12H,9H2,1-6H3,(H,16,17). The Hall–Kier alpha value is -1.05. The van der Waals surface area contributed by atoms with E-state index in [9.17, 15) is 0 Å². The molecule has 0 aromatic carbocycles. The Morgan fingerprint density at radius 1 is 1.18 bits per heavy atom. The number of nitrogens with zero attached hydrogens (tertiary/aromatic N) is 1. The van der Waals surface area contributed by atoms with Gasteiger partial charge in [0.1, 0.15) is 5.82 Å². The molecule has 0 aliphatic carbocycles. The molecule has 0 aliphatic heterocycles. The van der Waals surface area contributed by atoms with Gasteiger partial charge in [-0.05, 0) is 28.9 Å². The van der Waals surface area contributed by atoms with Crippen LogP contribution in [0, 0.1) is 11.8 Å². The van der Waals surface area contributed by atoms with Gasteiger partial charge in [0.25, 0.3) is 0 Å². The van der Waals surface area contributed by atoms with Crippen LogP contribution in [0.3, 0.4) is 0 Å². The summed E-state index contributed by atoms with van der Waals surface area (Å²) in [5, 5.41) is 3.39. The summed E-state index contributed by atoms with van der Waals surface area (Å²) in [5.41, 5.74) is 1.46. The van der Waals surface area contributed by atoms with Crippen LogP contribution in [0.4, 0.5) is 5.82 Å². The third-order valence-electron chi connectivity index (χ3n) is 3.37. The van der Waals surface area contributed by atoms with Crippen molar-refractivity contribution in [3.63, 3.8) is 0 Å². The van der Waals surface area contributed by atoms with Crippen LogP contribution in [-0.2, 0) is 5.41 Å². The molecule has 17 heavy (non-hydrogen) atoms. The van der Waals surface area contributed by atoms with Gasteiger partial charge < -0.3 is 5.32 Å². The zero-order valence-electron chi connectivity index (χ0n) is 12.0. The molecule has 0 saturated heterocycles. The van der Waals surface area contributed by atoms with Gasteiger partial charge in [0, 0.05) is 12.7 Å². The van der Waals surface area contributed by atoms with Crippen molar-refractivity contribution in [1.29, 1.82) is 0 Å². The fourth-order valence-electron chi connectivity index (χ4n) is 1.44. The molecular weight excluding hydrogens is 208 g/mol. The summed E-state index contributed by atoms with van der Waals surface area (Å²) in [7, 11) is 0. The Morgan fingerprint density at radius 2 is 1.82 bits per heavy atom. The topological polar surface area (TPSA) is 24.9 Å². The van der Waals surface area contributed by atoms with Crippen LogP contribution in [0.5, 0.6) is 0 Å². The monoisotopic (exact) mass is 234 g/mol. The lowest BCUT2D eigenvalue weighted by atomic mass is 9.88. The van der Waals surface area contributed by atoms with Gasteiger partial charge in [0.15, 0.2) is 0 Å². The molecule has 1 aromatic rings. The molecule has 0 radical (unpaired) electrons. The Kier molecular flexibility index (Phi) is 4.55. The molecule has 0 spiro atoms. The van der Waals surface area contributed by atoms with Gasteiger partial charge >= 0.3 is 0 Å². The van der Waals surface area contributed by atoms with E-state index in [0.717, 1.165) is 12.4 Å². The highest BCUT2D eigenvalue weighted by molar-refractivity contribution is 5.37. The van der Waals surface area contributed by atoms with E-state index in [1.54, 1.807) is 0 Å². The summed E-state index contributed by atoms with van der Waals surface area (Å²) in [6, 6.07) is 4.24. The smallest absolute Gasteiger partial charge is 0.125 e. The van der Waals surface area contributed by atoms with Crippen molar-refractivity contribution in [2.24, 2.45) is 11.8 Å². The fourth-order valence-corrected chi connectivity index (χ4v) is 1.44. The molecule has 1 unspecified atom stereocenters. The molecule has 96 valence electrons. The number of nitrogens with one attached hydrogen (secondary N) is 1. The third kappa shape index (κ3) is 4.37. The van der Waals surface area contributed by atoms with Crippen molar-refractivity contribution >= 4 is 5.82 Å². The minimum atomic E-state index is 0.177. The molecule has 0 fully saturated rings. The van der Waals surface area contributed by atoms with Crippen LogP contribution in [-0.4, -0.2) is 11.5 Å². The predicted octanol–water partition coefficient (Wildman–Crippen LogP) is 4.08. The zero-order valence-corrected chi connectivity index (χ0v) is 12.0. The number of hydrogen-bond acceptors (Lipinski definition) is 2. The van der Waals surface area contributed by atoms with Gasteiger partial charge in [0.05, 0.1) is 0 Å². The Balaban J connectivity index is 2.57. The maximum Gasteiger partial charge on any atom is 0.125 e. The molecule has 0 aliphatic rings. The fraction of sp³-hybridized carbons (Fsp3) is 0.667. The summed E-state index contributed by atoms with van der Waals surface area (Å²) in [6.45, 7) is 14.4. The first-order valence-corrected chi connectivity index (χ1v) is 6.51. The van der Waals surface area contributed by atoms with Crippen LogP contribution < -0.4 is 5.32 Å². The van der Waals surface area contributed by atoms with Crippen molar-refractivity contribution in [2.75, 3.05) is 11.9 Å². The minimum absolute atomic E-state index is 0.177. The third-order valence-corrected chi connectivity index (χ3v) is 3.37. The second-order valence-electron chi connectivity index (χ2n) is 6.28. The Bertz CT molecular complexity index is 333. The van der Waals surface area contributed by atoms with Crippen LogP contribution in [0.2, 0.25) is 0 Å². The van der Waals surface area contributed by atoms with E-state index in [2.05, 4.69) is 64.0 Å². The molecule has 2 heteroatoms. The SMILES string of the molecule is CC(C)C(C)CNc1ccc(C(C)(C)C)cn1. The molecule has 1 N–H and O–H groups in total. The summed E-state index contributed by atoms with van der Waals surface area (Å²) >= 11 is 0. The van der Waals surface area contributed by atoms with E-state index in [-0.39, 0.29) is 5.41 Å². The molecule has 0 amide bonds. The summed E-state index contributed by atoms with van der Waals surface area (Å²) in [4.78, 5) is 4.47. The quantitative estimate of drug-likeness (QED) is 0.849. The maximum absolute atomic E-state index is 4.47. The molecule has 2 nitrogen and oxygen atoms in total. The molecule has 1 heterocycles. The molecule has 1 rings (SSSR count). The van der Waals surface area contributed by atoms with Crippen molar-refractivity contribution in [2.45, 2.75) is 47.0 Å². The number of pyridine rings is 1. The lowest BCUT2D eigenvalue weighted by Gasteiger charge is -2.19. The lowest BCUT2D eigenvalue weighted by Crippen LogP contribution is -2.17. The summed E-state index contributed by atoms with van der Waals surface area (Å²) < 4.78 is 0. The first-order chi connectivity index (χ1) is 7.80. The molecule has 1 aromatic heterocycles. The second-order valence-corrected chi connectivity index (χ2v) is 6.28. The first-order valence-electron chi connectivity index (χ1n) is 6.51. The van der Waals surface area contributed by atoms with Crippen molar-refractivity contribution in [3.8, 4) is 0 Å². The normalized spacial score (nSPS) is 13.8. The van der Waals surface area contributed by atoms with E-state index in [1.165, 1.54) is 5.56 Å². The number of hydrogen-bond donors (Lipinski definition) is 1. The summed E-state index contributed by atoms with van der Waals surface area (Å²) in [5.74, 6) is 2.35. The maximum atomic E-state index is 4.47. The van der Waals surface area contributed by atoms with E-state index in [0.29, 0.717) is 11.8 Å². The van der Waals surface area contributed by atoms with E-state index in [4.69, 9.17) is 0 Å². The highest BCUT2D eigenvalue weighted by Crippen LogP contribution is 2.22. The largest absolute Gasteiger partial charge is 0.370 e. The van der Waals surface area contributed by atoms with E-state index >= 15 is 0 Å². The van der Waals surface area contributed by atoms with Crippen molar-refractivity contribution < 1.29 is 0 Å². The highest BCUT2D eigenvalue weighted by atomic mass is 15.0. The number of rotatable bonds is 4. The van der Waals surface area contributed by atoms with Gasteiger partial charge in [-0.3, -0.25) is 0 Å². The molecule has 0 saturated carbocycles. The van der Waals surface area contributed by atoms with Crippen LogP contribution >= 0.6 is 0 Å². The first kappa shape index (κ1) is 14.0. The average molecular weight is 234 g/mol. The van der Waals surface area contributed by atoms with E-state index < -0.39 is 0 Å². The van der Waals surface area contributed by atoms with Crippen molar-refractivity contribution in [1.82, 2.24) is 4.98 Å². The Morgan fingerprint density at radius 3 is 2.24 bits per heavy atom. The predicted molar refractivity (Wildman–Crippen MR) is 75.4 cm³/mol. The van der Waals surface area contributed by atoms with Gasteiger partial charge in [-0.1, -0.05) is 47.6 Å². The number of aromatic nitrogens is 1. The van der Waals surface area contributed by atoms with Crippen molar-refractivity contribution in [3.05, 3.63) is 23.9 Å². The molecule has 0 bridgehead atoms. The van der Waals surface area contributed by atoms with Crippen LogP contribution in [0.15, 0.2) is 18.3 Å². The average Bonchev–Trinajstić information content (AvgIpc) is 2.25. The molecule has 1 atom stereocenters. The zero-order chi connectivity index (χ0) is 13.1. The Labute approximate surface area is 106 Å². The van der Waals surface area contributed by atoms with Gasteiger partial charge in [-0.2, -0.15) is 0 Å². The van der Waals surface area contributed by atoms with Gasteiger partial charge in [-0.25, -0.2) is 4.98 Å². The van der Waals surface area contributed by atoms with E-state index in [1.807, 2.05) is 6.20 Å². The minimum Gasteiger partial charge on any atom is -0.370 e. The lowest BCUT2D eigenvalue weighted by molar-refractivity contribution is 0.439.